The summed E-state index contributed by atoms with van der Waals surface area (Å²) in [6.07, 6.45) is 4.05. The molecule has 0 saturated heterocycles. The monoisotopic (exact) mass is 160 g/mol. The molecule has 0 aliphatic heterocycles. The van der Waals surface area contributed by atoms with Crippen LogP contribution in [0, 0.1) is 0 Å². The van der Waals surface area contributed by atoms with Gasteiger partial charge in [-0.25, -0.2) is 8.78 Å². The van der Waals surface area contributed by atoms with Crippen molar-refractivity contribution in [1.29, 1.82) is 0 Å². The van der Waals surface area contributed by atoms with Gasteiger partial charge in [-0.2, -0.15) is 0 Å². The van der Waals surface area contributed by atoms with E-state index in [1.807, 2.05) is 0 Å². The Bertz CT molecular complexity index is 139. The molecule has 2 saturated carbocycles. The van der Waals surface area contributed by atoms with Gasteiger partial charge in [-0.15, -0.1) is 0 Å². The fraction of sp³-hybridized carbons (Fsp3) is 1.00. The van der Waals surface area contributed by atoms with Crippen LogP contribution in [0.5, 0.6) is 0 Å². The second-order valence-electron chi connectivity index (χ2n) is 4.19. The van der Waals surface area contributed by atoms with E-state index >= 15 is 0 Å². The van der Waals surface area contributed by atoms with E-state index < -0.39 is 11.3 Å². The molecule has 0 atom stereocenters. The first-order valence-electron chi connectivity index (χ1n) is 4.50. The molecule has 0 heterocycles. The fourth-order valence-corrected chi connectivity index (χ4v) is 2.62. The highest BCUT2D eigenvalue weighted by atomic mass is 19.2. The van der Waals surface area contributed by atoms with E-state index in [9.17, 15) is 8.78 Å². The van der Waals surface area contributed by atoms with Crippen molar-refractivity contribution >= 4 is 0 Å². The summed E-state index contributed by atoms with van der Waals surface area (Å²) in [4.78, 5) is 0. The Balaban J connectivity index is 2.16. The molecule has 0 amide bonds. The summed E-state index contributed by atoms with van der Waals surface area (Å²) in [7, 11) is 0. The molecule has 0 radical (unpaired) electrons. The van der Waals surface area contributed by atoms with E-state index in [1.54, 1.807) is 0 Å². The zero-order valence-electron chi connectivity index (χ0n) is 6.71. The molecule has 2 heteroatoms. The molecule has 0 N–H and O–H groups in total. The first-order valence-corrected chi connectivity index (χ1v) is 4.50. The first kappa shape index (κ1) is 7.51. The maximum atomic E-state index is 13.6. The average Bonchev–Trinajstić information content (AvgIpc) is 1.83. The average molecular weight is 160 g/mol. The Kier molecular flexibility index (Phi) is 1.48. The molecular weight excluding hydrogens is 146 g/mol. The highest BCUT2D eigenvalue weighted by Gasteiger charge is 2.48. The van der Waals surface area contributed by atoms with Gasteiger partial charge in [-0.3, -0.25) is 0 Å². The van der Waals surface area contributed by atoms with Crippen molar-refractivity contribution < 1.29 is 8.78 Å². The standard InChI is InChI=1S/C9H14F2/c10-8-3-1-4-9(11,7-8)6-2-5-8/h1-7H2. The lowest BCUT2D eigenvalue weighted by Crippen LogP contribution is -2.44. The maximum absolute atomic E-state index is 13.6. The predicted molar refractivity (Wildman–Crippen MR) is 40.0 cm³/mol. The SMILES string of the molecule is FC12CCCC(F)(CCC1)C2. The van der Waals surface area contributed by atoms with Gasteiger partial charge in [0, 0.05) is 6.42 Å². The van der Waals surface area contributed by atoms with Gasteiger partial charge in [0.25, 0.3) is 0 Å². The van der Waals surface area contributed by atoms with E-state index in [2.05, 4.69) is 0 Å². The highest BCUT2D eigenvalue weighted by molar-refractivity contribution is 4.99. The molecule has 2 aliphatic rings. The van der Waals surface area contributed by atoms with Gasteiger partial charge < -0.3 is 0 Å². The van der Waals surface area contributed by atoms with Crippen LogP contribution in [0.15, 0.2) is 0 Å². The van der Waals surface area contributed by atoms with Gasteiger partial charge >= 0.3 is 0 Å². The van der Waals surface area contributed by atoms with E-state index in [0.717, 1.165) is 12.8 Å². The summed E-state index contributed by atoms with van der Waals surface area (Å²) in [5.74, 6) is 0. The molecule has 2 rings (SSSR count). The van der Waals surface area contributed by atoms with Crippen LogP contribution < -0.4 is 0 Å². The van der Waals surface area contributed by atoms with Crippen LogP contribution >= 0.6 is 0 Å². The van der Waals surface area contributed by atoms with Crippen LogP contribution in [0.25, 0.3) is 0 Å². The van der Waals surface area contributed by atoms with Crippen molar-refractivity contribution in [1.82, 2.24) is 0 Å². The Labute approximate surface area is 66.0 Å². The van der Waals surface area contributed by atoms with Crippen LogP contribution in [0.2, 0.25) is 0 Å². The maximum Gasteiger partial charge on any atom is 0.114 e. The van der Waals surface area contributed by atoms with Crippen molar-refractivity contribution in [2.45, 2.75) is 56.3 Å². The van der Waals surface area contributed by atoms with Crippen molar-refractivity contribution in [3.8, 4) is 0 Å². The van der Waals surface area contributed by atoms with E-state index in [1.165, 1.54) is 0 Å². The van der Waals surface area contributed by atoms with Crippen LogP contribution in [-0.4, -0.2) is 11.3 Å². The van der Waals surface area contributed by atoms with Crippen LogP contribution in [-0.2, 0) is 0 Å². The molecule has 11 heavy (non-hydrogen) atoms. The third kappa shape index (κ3) is 1.27. The molecule has 0 aromatic carbocycles. The largest absolute Gasteiger partial charge is 0.244 e. The van der Waals surface area contributed by atoms with Crippen LogP contribution in [0.4, 0.5) is 8.78 Å². The first-order chi connectivity index (χ1) is 5.12. The number of hydrogen-bond acceptors (Lipinski definition) is 0. The van der Waals surface area contributed by atoms with Gasteiger partial charge in [-0.1, -0.05) is 0 Å². The third-order valence-corrected chi connectivity index (χ3v) is 3.13. The topological polar surface area (TPSA) is 0 Å². The predicted octanol–water partition coefficient (Wildman–Crippen LogP) is 3.16. The smallest absolute Gasteiger partial charge is 0.114 e. The molecule has 2 fully saturated rings. The Morgan fingerprint density at radius 3 is 1.36 bits per heavy atom. The van der Waals surface area contributed by atoms with Crippen molar-refractivity contribution in [3.63, 3.8) is 0 Å². The Morgan fingerprint density at radius 2 is 1.09 bits per heavy atom. The quantitative estimate of drug-likeness (QED) is 0.510. The molecule has 64 valence electrons. The third-order valence-electron chi connectivity index (χ3n) is 3.13. The Hall–Kier alpha value is -0.140. The number of halogens is 2. The minimum absolute atomic E-state index is 0.181. The summed E-state index contributed by atoms with van der Waals surface area (Å²) in [5.41, 5.74) is -2.27. The van der Waals surface area contributed by atoms with Crippen molar-refractivity contribution in [2.24, 2.45) is 0 Å². The molecule has 0 unspecified atom stereocenters. The summed E-state index contributed by atoms with van der Waals surface area (Å²) >= 11 is 0. The summed E-state index contributed by atoms with van der Waals surface area (Å²) in [6, 6.07) is 0. The van der Waals surface area contributed by atoms with E-state index in [0.29, 0.717) is 25.7 Å². The molecule has 2 bridgehead atoms. The van der Waals surface area contributed by atoms with Crippen molar-refractivity contribution in [2.75, 3.05) is 0 Å². The lowest BCUT2D eigenvalue weighted by molar-refractivity contribution is -0.0468. The zero-order valence-corrected chi connectivity index (χ0v) is 6.71. The molecule has 0 nitrogen and oxygen atoms in total. The second kappa shape index (κ2) is 2.18. The number of hydrogen-bond donors (Lipinski definition) is 0. The lowest BCUT2D eigenvalue weighted by Gasteiger charge is -2.43. The minimum atomic E-state index is -1.13. The van der Waals surface area contributed by atoms with Gasteiger partial charge in [0.1, 0.15) is 11.3 Å². The Morgan fingerprint density at radius 1 is 0.727 bits per heavy atom. The number of alkyl halides is 2. The molecule has 0 aromatic rings. The summed E-state index contributed by atoms with van der Waals surface area (Å²) in [6.45, 7) is 0. The van der Waals surface area contributed by atoms with Gasteiger partial charge in [0.2, 0.25) is 0 Å². The van der Waals surface area contributed by atoms with E-state index in [4.69, 9.17) is 0 Å². The van der Waals surface area contributed by atoms with Crippen LogP contribution in [0.1, 0.15) is 44.9 Å². The normalized spacial score (nSPS) is 50.7. The number of fused-ring (bicyclic) bond motifs is 2. The van der Waals surface area contributed by atoms with Crippen LogP contribution in [0.3, 0.4) is 0 Å². The summed E-state index contributed by atoms with van der Waals surface area (Å²) < 4.78 is 27.2. The minimum Gasteiger partial charge on any atom is -0.244 e. The molecule has 0 aromatic heterocycles. The second-order valence-corrected chi connectivity index (χ2v) is 4.19. The molecule has 2 aliphatic carbocycles. The zero-order chi connectivity index (χ0) is 7.95. The van der Waals surface area contributed by atoms with Gasteiger partial charge in [-0.05, 0) is 38.5 Å². The van der Waals surface area contributed by atoms with Crippen molar-refractivity contribution in [3.05, 3.63) is 0 Å². The number of rotatable bonds is 0. The van der Waals surface area contributed by atoms with Gasteiger partial charge in [0.05, 0.1) is 0 Å². The molecule has 0 spiro atoms. The molecular formula is C9H14F2. The highest BCUT2D eigenvalue weighted by Crippen LogP contribution is 2.49. The van der Waals surface area contributed by atoms with E-state index in [-0.39, 0.29) is 6.42 Å². The summed E-state index contributed by atoms with van der Waals surface area (Å²) in [5, 5.41) is 0. The van der Waals surface area contributed by atoms with Gasteiger partial charge in [0.15, 0.2) is 0 Å². The lowest BCUT2D eigenvalue weighted by atomic mass is 9.68. The fourth-order valence-electron chi connectivity index (χ4n) is 2.62.